The zero-order chi connectivity index (χ0) is 10.6. The van der Waals surface area contributed by atoms with Gasteiger partial charge >= 0.3 is 0 Å². The summed E-state index contributed by atoms with van der Waals surface area (Å²) < 4.78 is 0. The van der Waals surface area contributed by atoms with Gasteiger partial charge in [0, 0.05) is 0 Å². The van der Waals surface area contributed by atoms with Gasteiger partial charge in [-0.15, -0.1) is 0 Å². The standard InChI is InChI=1S/C12H24O2/c1-3-10(2)9-11(13)12(14)7-5-4-6-8-12/h10-11,13-14H,3-9H2,1-2H3. The fraction of sp³-hybridized carbons (Fsp3) is 1.00. The van der Waals surface area contributed by atoms with Crippen LogP contribution in [-0.2, 0) is 0 Å². The average Bonchev–Trinajstić information content (AvgIpc) is 2.18. The lowest BCUT2D eigenvalue weighted by Crippen LogP contribution is -2.44. The van der Waals surface area contributed by atoms with Crippen molar-refractivity contribution in [3.05, 3.63) is 0 Å². The van der Waals surface area contributed by atoms with Crippen LogP contribution in [0.3, 0.4) is 0 Å². The van der Waals surface area contributed by atoms with Crippen molar-refractivity contribution in [1.29, 1.82) is 0 Å². The first-order chi connectivity index (χ1) is 6.58. The maximum absolute atomic E-state index is 10.2. The second-order valence-corrected chi connectivity index (χ2v) is 4.93. The second kappa shape index (κ2) is 5.13. The molecule has 0 aliphatic heterocycles. The molecule has 1 aliphatic carbocycles. The molecule has 2 nitrogen and oxygen atoms in total. The third kappa shape index (κ3) is 2.96. The predicted molar refractivity (Wildman–Crippen MR) is 58.1 cm³/mol. The first-order valence-electron chi connectivity index (χ1n) is 5.99. The molecule has 0 aromatic rings. The van der Waals surface area contributed by atoms with E-state index in [9.17, 15) is 10.2 Å². The molecule has 2 unspecified atom stereocenters. The largest absolute Gasteiger partial charge is 0.390 e. The van der Waals surface area contributed by atoms with E-state index in [-0.39, 0.29) is 0 Å². The van der Waals surface area contributed by atoms with Crippen LogP contribution in [0.1, 0.15) is 58.8 Å². The van der Waals surface area contributed by atoms with Crippen LogP contribution >= 0.6 is 0 Å². The summed E-state index contributed by atoms with van der Waals surface area (Å²) in [5, 5.41) is 20.2. The van der Waals surface area contributed by atoms with Gasteiger partial charge in [-0.05, 0) is 25.2 Å². The molecule has 2 heteroatoms. The highest BCUT2D eigenvalue weighted by molar-refractivity contribution is 4.89. The SMILES string of the molecule is CCC(C)CC(O)C1(O)CCCCC1. The Hall–Kier alpha value is -0.0800. The Balaban J connectivity index is 2.44. The van der Waals surface area contributed by atoms with Crippen molar-refractivity contribution < 1.29 is 10.2 Å². The molecule has 2 atom stereocenters. The molecule has 0 amide bonds. The third-order valence-corrected chi connectivity index (χ3v) is 3.66. The summed E-state index contributed by atoms with van der Waals surface area (Å²) in [6, 6.07) is 0. The van der Waals surface area contributed by atoms with Crippen LogP contribution in [0.15, 0.2) is 0 Å². The average molecular weight is 200 g/mol. The molecule has 0 radical (unpaired) electrons. The lowest BCUT2D eigenvalue weighted by atomic mass is 9.78. The minimum absolute atomic E-state index is 0.510. The van der Waals surface area contributed by atoms with Crippen molar-refractivity contribution in [2.75, 3.05) is 0 Å². The van der Waals surface area contributed by atoms with Gasteiger partial charge in [0.15, 0.2) is 0 Å². The van der Waals surface area contributed by atoms with Gasteiger partial charge < -0.3 is 10.2 Å². The molecule has 0 bridgehead atoms. The maximum Gasteiger partial charge on any atom is 0.0905 e. The third-order valence-electron chi connectivity index (χ3n) is 3.66. The first-order valence-corrected chi connectivity index (χ1v) is 5.99. The first kappa shape index (κ1) is 12.0. The topological polar surface area (TPSA) is 40.5 Å². The smallest absolute Gasteiger partial charge is 0.0905 e. The number of aliphatic hydroxyl groups is 2. The van der Waals surface area contributed by atoms with E-state index >= 15 is 0 Å². The van der Waals surface area contributed by atoms with Crippen molar-refractivity contribution in [2.45, 2.75) is 70.5 Å². The van der Waals surface area contributed by atoms with Gasteiger partial charge in [0.05, 0.1) is 11.7 Å². The molecule has 0 aromatic carbocycles. The predicted octanol–water partition coefficient (Wildman–Crippen LogP) is 2.48. The van der Waals surface area contributed by atoms with Gasteiger partial charge in [0.2, 0.25) is 0 Å². The normalized spacial score (nSPS) is 25.7. The quantitative estimate of drug-likeness (QED) is 0.732. The molecule has 1 fully saturated rings. The minimum atomic E-state index is -0.776. The lowest BCUT2D eigenvalue weighted by Gasteiger charge is -2.37. The number of rotatable bonds is 4. The van der Waals surface area contributed by atoms with E-state index in [1.807, 2.05) is 0 Å². The highest BCUT2D eigenvalue weighted by Gasteiger charge is 2.36. The molecular formula is C12H24O2. The summed E-state index contributed by atoms with van der Waals surface area (Å²) in [6.45, 7) is 4.26. The Morgan fingerprint density at radius 2 is 1.79 bits per heavy atom. The molecule has 0 saturated heterocycles. The molecule has 0 heterocycles. The van der Waals surface area contributed by atoms with Crippen LogP contribution < -0.4 is 0 Å². The van der Waals surface area contributed by atoms with Gasteiger partial charge in [-0.1, -0.05) is 39.5 Å². The Bertz CT molecular complexity index is 162. The van der Waals surface area contributed by atoms with E-state index in [2.05, 4.69) is 13.8 Å². The van der Waals surface area contributed by atoms with Crippen LogP contribution in [0, 0.1) is 5.92 Å². The van der Waals surface area contributed by atoms with E-state index in [0.717, 1.165) is 38.5 Å². The van der Waals surface area contributed by atoms with E-state index < -0.39 is 11.7 Å². The van der Waals surface area contributed by atoms with Crippen molar-refractivity contribution in [2.24, 2.45) is 5.92 Å². The van der Waals surface area contributed by atoms with Gasteiger partial charge in [-0.3, -0.25) is 0 Å². The molecule has 14 heavy (non-hydrogen) atoms. The van der Waals surface area contributed by atoms with Crippen LogP contribution in [0.4, 0.5) is 0 Å². The highest BCUT2D eigenvalue weighted by atomic mass is 16.3. The summed E-state index contributed by atoms with van der Waals surface area (Å²) in [5.74, 6) is 0.510. The fourth-order valence-corrected chi connectivity index (χ4v) is 2.26. The Morgan fingerprint density at radius 1 is 1.21 bits per heavy atom. The molecule has 0 aromatic heterocycles. The number of aliphatic hydroxyl groups excluding tert-OH is 1. The van der Waals surface area contributed by atoms with E-state index in [0.29, 0.717) is 5.92 Å². The Morgan fingerprint density at radius 3 is 2.29 bits per heavy atom. The summed E-state index contributed by atoms with van der Waals surface area (Å²) >= 11 is 0. The number of hydrogen-bond donors (Lipinski definition) is 2. The van der Waals surface area contributed by atoms with Gasteiger partial charge in [0.25, 0.3) is 0 Å². The van der Waals surface area contributed by atoms with Crippen molar-refractivity contribution >= 4 is 0 Å². The van der Waals surface area contributed by atoms with Crippen LogP contribution in [0.5, 0.6) is 0 Å². The number of hydrogen-bond acceptors (Lipinski definition) is 2. The zero-order valence-electron chi connectivity index (χ0n) is 9.50. The van der Waals surface area contributed by atoms with Gasteiger partial charge in [-0.2, -0.15) is 0 Å². The van der Waals surface area contributed by atoms with Crippen LogP contribution in [0.2, 0.25) is 0 Å². The molecule has 2 N–H and O–H groups in total. The summed E-state index contributed by atoms with van der Waals surface area (Å²) in [7, 11) is 0. The highest BCUT2D eigenvalue weighted by Crippen LogP contribution is 2.33. The molecule has 0 spiro atoms. The molecule has 1 rings (SSSR count). The van der Waals surface area contributed by atoms with Gasteiger partial charge in [-0.25, -0.2) is 0 Å². The van der Waals surface area contributed by atoms with Crippen LogP contribution in [0.25, 0.3) is 0 Å². The van der Waals surface area contributed by atoms with E-state index in [1.165, 1.54) is 6.42 Å². The van der Waals surface area contributed by atoms with Crippen molar-refractivity contribution in [3.63, 3.8) is 0 Å². The van der Waals surface area contributed by atoms with Crippen molar-refractivity contribution in [3.8, 4) is 0 Å². The maximum atomic E-state index is 10.2. The Kier molecular flexibility index (Phi) is 4.39. The molecule has 1 aliphatic rings. The zero-order valence-corrected chi connectivity index (χ0v) is 9.50. The second-order valence-electron chi connectivity index (χ2n) is 4.93. The lowest BCUT2D eigenvalue weighted by molar-refractivity contribution is -0.104. The minimum Gasteiger partial charge on any atom is -0.390 e. The van der Waals surface area contributed by atoms with E-state index in [4.69, 9.17) is 0 Å². The molecule has 1 saturated carbocycles. The Labute approximate surface area is 87.3 Å². The van der Waals surface area contributed by atoms with Crippen molar-refractivity contribution in [1.82, 2.24) is 0 Å². The summed E-state index contributed by atoms with van der Waals surface area (Å²) in [5.41, 5.74) is -0.776. The van der Waals surface area contributed by atoms with E-state index in [1.54, 1.807) is 0 Å². The summed E-state index contributed by atoms with van der Waals surface area (Å²) in [4.78, 5) is 0. The fourth-order valence-electron chi connectivity index (χ4n) is 2.26. The molecular weight excluding hydrogens is 176 g/mol. The summed E-state index contributed by atoms with van der Waals surface area (Å²) in [6.07, 6.45) is 6.20. The van der Waals surface area contributed by atoms with Gasteiger partial charge in [0.1, 0.15) is 0 Å². The van der Waals surface area contributed by atoms with Crippen LogP contribution in [-0.4, -0.2) is 21.9 Å². The monoisotopic (exact) mass is 200 g/mol. The molecule has 84 valence electrons.